The zero-order valence-electron chi connectivity index (χ0n) is 12.8. The molecule has 1 unspecified atom stereocenters. The van der Waals surface area contributed by atoms with Gasteiger partial charge in [0.1, 0.15) is 5.82 Å². The third kappa shape index (κ3) is 4.27. The Hall–Kier alpha value is -1.95. The Morgan fingerprint density at radius 3 is 2.55 bits per heavy atom. The van der Waals surface area contributed by atoms with E-state index < -0.39 is 0 Å². The van der Waals surface area contributed by atoms with E-state index >= 15 is 0 Å². The summed E-state index contributed by atoms with van der Waals surface area (Å²) in [6, 6.07) is 6.02. The highest BCUT2D eigenvalue weighted by Crippen LogP contribution is 2.10. The number of halogens is 1. The van der Waals surface area contributed by atoms with Gasteiger partial charge in [-0.1, -0.05) is 12.1 Å². The smallest absolute Gasteiger partial charge is 0.234 e. The zero-order valence-corrected chi connectivity index (χ0v) is 12.8. The molecule has 1 aliphatic heterocycles. The standard InChI is InChI=1S/C16H22FN3O2/c1-12(16(18)22)19-7-9-20(10-8-19)15(21)6-5-13-3-2-4-14(17)11-13/h2-4,11-12H,5-10H2,1H3,(H2,18,22). The number of benzene rings is 1. The first-order valence-electron chi connectivity index (χ1n) is 7.53. The number of hydrogen-bond donors (Lipinski definition) is 1. The van der Waals surface area contributed by atoms with Crippen molar-refractivity contribution in [1.29, 1.82) is 0 Å². The number of nitrogens with two attached hydrogens (primary N) is 1. The van der Waals surface area contributed by atoms with Crippen molar-refractivity contribution in [3.8, 4) is 0 Å². The molecule has 0 spiro atoms. The summed E-state index contributed by atoms with van der Waals surface area (Å²) < 4.78 is 13.1. The van der Waals surface area contributed by atoms with Crippen LogP contribution >= 0.6 is 0 Å². The van der Waals surface area contributed by atoms with Crippen LogP contribution in [-0.2, 0) is 16.0 Å². The summed E-state index contributed by atoms with van der Waals surface area (Å²) in [5.41, 5.74) is 6.12. The van der Waals surface area contributed by atoms with Gasteiger partial charge < -0.3 is 10.6 Å². The van der Waals surface area contributed by atoms with Crippen LogP contribution in [0, 0.1) is 5.82 Å². The molecule has 0 aliphatic carbocycles. The summed E-state index contributed by atoms with van der Waals surface area (Å²) >= 11 is 0. The van der Waals surface area contributed by atoms with Gasteiger partial charge in [-0.25, -0.2) is 4.39 Å². The van der Waals surface area contributed by atoms with Gasteiger partial charge in [0.05, 0.1) is 6.04 Å². The second kappa shape index (κ2) is 7.35. The van der Waals surface area contributed by atoms with Crippen LogP contribution in [-0.4, -0.2) is 53.8 Å². The topological polar surface area (TPSA) is 66.6 Å². The van der Waals surface area contributed by atoms with Crippen molar-refractivity contribution in [3.63, 3.8) is 0 Å². The number of aryl methyl sites for hydroxylation is 1. The average molecular weight is 307 g/mol. The summed E-state index contributed by atoms with van der Waals surface area (Å²) in [6.45, 7) is 4.27. The van der Waals surface area contributed by atoms with Crippen LogP contribution in [0.1, 0.15) is 18.9 Å². The van der Waals surface area contributed by atoms with Crippen molar-refractivity contribution < 1.29 is 14.0 Å². The first-order valence-corrected chi connectivity index (χ1v) is 7.53. The van der Waals surface area contributed by atoms with Crippen molar-refractivity contribution >= 4 is 11.8 Å². The number of hydrogen-bond acceptors (Lipinski definition) is 3. The molecule has 6 heteroatoms. The van der Waals surface area contributed by atoms with Crippen molar-refractivity contribution in [3.05, 3.63) is 35.6 Å². The van der Waals surface area contributed by atoms with Crippen LogP contribution < -0.4 is 5.73 Å². The Labute approximate surface area is 129 Å². The summed E-state index contributed by atoms with van der Waals surface area (Å²) in [7, 11) is 0. The Morgan fingerprint density at radius 1 is 1.27 bits per heavy atom. The van der Waals surface area contributed by atoms with Crippen LogP contribution in [0.25, 0.3) is 0 Å². The summed E-state index contributed by atoms with van der Waals surface area (Å²) in [5.74, 6) is -0.555. The monoisotopic (exact) mass is 307 g/mol. The van der Waals surface area contributed by atoms with Crippen LogP contribution in [0.3, 0.4) is 0 Å². The first kappa shape index (κ1) is 16.4. The number of amides is 2. The molecular weight excluding hydrogens is 285 g/mol. The molecule has 0 saturated carbocycles. The molecule has 1 aromatic carbocycles. The van der Waals surface area contributed by atoms with E-state index in [9.17, 15) is 14.0 Å². The fourth-order valence-electron chi connectivity index (χ4n) is 2.64. The van der Waals surface area contributed by atoms with E-state index in [1.165, 1.54) is 12.1 Å². The molecule has 1 aliphatic rings. The number of piperazine rings is 1. The molecule has 0 radical (unpaired) electrons. The summed E-state index contributed by atoms with van der Waals surface area (Å²) in [6.07, 6.45) is 0.906. The first-order chi connectivity index (χ1) is 10.5. The fourth-order valence-corrected chi connectivity index (χ4v) is 2.64. The van der Waals surface area contributed by atoms with E-state index in [0.717, 1.165) is 5.56 Å². The third-order valence-electron chi connectivity index (χ3n) is 4.14. The van der Waals surface area contributed by atoms with Gasteiger partial charge >= 0.3 is 0 Å². The SMILES string of the molecule is CC(C(N)=O)N1CCN(C(=O)CCc2cccc(F)c2)CC1. The lowest BCUT2D eigenvalue weighted by molar-refractivity contribution is -0.133. The Bertz CT molecular complexity index is 542. The van der Waals surface area contributed by atoms with Crippen LogP contribution in [0.15, 0.2) is 24.3 Å². The highest BCUT2D eigenvalue weighted by molar-refractivity contribution is 5.79. The van der Waals surface area contributed by atoms with E-state index in [0.29, 0.717) is 39.0 Å². The van der Waals surface area contributed by atoms with E-state index in [4.69, 9.17) is 5.73 Å². The van der Waals surface area contributed by atoms with Gasteiger partial charge in [-0.15, -0.1) is 0 Å². The lowest BCUT2D eigenvalue weighted by Crippen LogP contribution is -2.54. The van der Waals surface area contributed by atoms with Gasteiger partial charge in [-0.05, 0) is 31.0 Å². The van der Waals surface area contributed by atoms with Gasteiger partial charge in [0.2, 0.25) is 11.8 Å². The van der Waals surface area contributed by atoms with Gasteiger partial charge in [-0.2, -0.15) is 0 Å². The minimum absolute atomic E-state index is 0.0654. The number of rotatable bonds is 5. The summed E-state index contributed by atoms with van der Waals surface area (Å²) in [5, 5.41) is 0. The molecule has 2 N–H and O–H groups in total. The maximum Gasteiger partial charge on any atom is 0.234 e. The van der Waals surface area contributed by atoms with E-state index in [1.54, 1.807) is 17.9 Å². The predicted octanol–water partition coefficient (Wildman–Crippen LogP) is 0.776. The molecular formula is C16H22FN3O2. The maximum atomic E-state index is 13.1. The van der Waals surface area contributed by atoms with Gasteiger partial charge in [0, 0.05) is 32.6 Å². The Balaban J connectivity index is 1.79. The lowest BCUT2D eigenvalue weighted by atomic mass is 10.1. The molecule has 1 heterocycles. The number of nitrogens with zero attached hydrogens (tertiary/aromatic N) is 2. The highest BCUT2D eigenvalue weighted by atomic mass is 19.1. The Kier molecular flexibility index (Phi) is 5.49. The molecule has 0 bridgehead atoms. The van der Waals surface area contributed by atoms with Gasteiger partial charge in [-0.3, -0.25) is 14.5 Å². The van der Waals surface area contributed by atoms with E-state index in [-0.39, 0.29) is 23.7 Å². The van der Waals surface area contributed by atoms with Crippen molar-refractivity contribution in [2.24, 2.45) is 5.73 Å². The average Bonchev–Trinajstić information content (AvgIpc) is 2.52. The molecule has 1 saturated heterocycles. The van der Waals surface area contributed by atoms with E-state index in [2.05, 4.69) is 0 Å². The number of carbonyl (C=O) groups excluding carboxylic acids is 2. The van der Waals surface area contributed by atoms with Crippen LogP contribution in [0.4, 0.5) is 4.39 Å². The lowest BCUT2D eigenvalue weighted by Gasteiger charge is -2.37. The van der Waals surface area contributed by atoms with Crippen molar-refractivity contribution in [2.75, 3.05) is 26.2 Å². The van der Waals surface area contributed by atoms with Crippen molar-refractivity contribution in [1.82, 2.24) is 9.80 Å². The normalized spacial score (nSPS) is 17.3. The number of primary amides is 1. The Morgan fingerprint density at radius 2 is 1.95 bits per heavy atom. The molecule has 22 heavy (non-hydrogen) atoms. The third-order valence-corrected chi connectivity index (χ3v) is 4.14. The second-order valence-electron chi connectivity index (χ2n) is 5.63. The molecule has 0 aromatic heterocycles. The van der Waals surface area contributed by atoms with Gasteiger partial charge in [0.25, 0.3) is 0 Å². The summed E-state index contributed by atoms with van der Waals surface area (Å²) in [4.78, 5) is 27.1. The molecule has 1 fully saturated rings. The minimum atomic E-state index is -0.342. The predicted molar refractivity (Wildman–Crippen MR) is 81.5 cm³/mol. The minimum Gasteiger partial charge on any atom is -0.368 e. The quantitative estimate of drug-likeness (QED) is 0.874. The van der Waals surface area contributed by atoms with Crippen LogP contribution in [0.5, 0.6) is 0 Å². The van der Waals surface area contributed by atoms with Gasteiger partial charge in [0.15, 0.2) is 0 Å². The highest BCUT2D eigenvalue weighted by Gasteiger charge is 2.25. The largest absolute Gasteiger partial charge is 0.368 e. The van der Waals surface area contributed by atoms with Crippen molar-refractivity contribution in [2.45, 2.75) is 25.8 Å². The molecule has 1 atom stereocenters. The van der Waals surface area contributed by atoms with Crippen LogP contribution in [0.2, 0.25) is 0 Å². The molecule has 2 amide bonds. The number of carbonyl (C=O) groups is 2. The molecule has 5 nitrogen and oxygen atoms in total. The molecule has 120 valence electrons. The zero-order chi connectivity index (χ0) is 16.1. The molecule has 1 aromatic rings. The fraction of sp³-hybridized carbons (Fsp3) is 0.500. The van der Waals surface area contributed by atoms with E-state index in [1.807, 2.05) is 11.0 Å². The second-order valence-corrected chi connectivity index (χ2v) is 5.63. The molecule has 2 rings (SSSR count). The maximum absolute atomic E-state index is 13.1.